The normalized spacial score (nSPS) is 34.8. The number of carbonyl (C=O) groups is 2. The Morgan fingerprint density at radius 1 is 1.18 bits per heavy atom. The van der Waals surface area contributed by atoms with Crippen molar-refractivity contribution in [3.05, 3.63) is 34.3 Å². The molecule has 6 atom stereocenters. The van der Waals surface area contributed by atoms with Gasteiger partial charge in [-0.1, -0.05) is 12.2 Å². The van der Waals surface area contributed by atoms with Crippen LogP contribution >= 0.6 is 15.9 Å². The summed E-state index contributed by atoms with van der Waals surface area (Å²) in [7, 11) is 1.57. The number of hydrazone groups is 1. The first-order valence-electron chi connectivity index (χ1n) is 9.65. The molecule has 1 heterocycles. The average molecular weight is 445 g/mol. The lowest BCUT2D eigenvalue weighted by atomic mass is 9.63. The second kappa shape index (κ2) is 6.44. The standard InChI is InChI=1S/C21H21BrN2O4/c1-3-28-19-15(22)6-10(7-16(19)27-2)9-23-24-20(25)17-11-4-5-12(14-8-13(11)14)18(17)21(24)26/h4-7,9,11-14,17-18H,3,8H2,1-2H3/b23-9-/t11-,12-,13-,14+,17-,18+/m0/s1. The summed E-state index contributed by atoms with van der Waals surface area (Å²) in [6, 6.07) is 3.60. The molecule has 0 radical (unpaired) electrons. The van der Waals surface area contributed by atoms with E-state index in [-0.39, 0.29) is 35.5 Å². The van der Waals surface area contributed by atoms with Crippen LogP contribution in [0.2, 0.25) is 0 Å². The van der Waals surface area contributed by atoms with Crippen LogP contribution in [0.3, 0.4) is 0 Å². The minimum atomic E-state index is -0.231. The van der Waals surface area contributed by atoms with Crippen LogP contribution < -0.4 is 9.47 Å². The Morgan fingerprint density at radius 3 is 2.39 bits per heavy atom. The van der Waals surface area contributed by atoms with Gasteiger partial charge in [-0.05, 0) is 70.6 Å². The van der Waals surface area contributed by atoms with E-state index in [1.165, 1.54) is 6.21 Å². The number of rotatable bonds is 5. The van der Waals surface area contributed by atoms with Gasteiger partial charge in [-0.3, -0.25) is 9.59 Å². The van der Waals surface area contributed by atoms with Gasteiger partial charge in [0.2, 0.25) is 0 Å². The molecule has 6 nitrogen and oxygen atoms in total. The van der Waals surface area contributed by atoms with Gasteiger partial charge >= 0.3 is 0 Å². The molecule has 5 aliphatic rings. The van der Waals surface area contributed by atoms with Crippen LogP contribution in [0.4, 0.5) is 0 Å². The fraction of sp³-hybridized carbons (Fsp3) is 0.476. The van der Waals surface area contributed by atoms with Gasteiger partial charge in [-0.25, -0.2) is 0 Å². The van der Waals surface area contributed by atoms with Gasteiger partial charge in [0.25, 0.3) is 11.8 Å². The molecule has 1 aromatic rings. The summed E-state index contributed by atoms with van der Waals surface area (Å²) < 4.78 is 11.7. The van der Waals surface area contributed by atoms with Crippen molar-refractivity contribution in [1.29, 1.82) is 0 Å². The predicted molar refractivity (Wildman–Crippen MR) is 106 cm³/mol. The Balaban J connectivity index is 1.41. The fourth-order valence-corrected chi connectivity index (χ4v) is 5.85. The number of imide groups is 1. The quantitative estimate of drug-likeness (QED) is 0.397. The van der Waals surface area contributed by atoms with Crippen LogP contribution in [0.1, 0.15) is 18.9 Å². The summed E-state index contributed by atoms with van der Waals surface area (Å²) in [6.07, 6.45) is 7.00. The lowest BCUT2D eigenvalue weighted by Crippen LogP contribution is -2.40. The number of ether oxygens (including phenoxy) is 2. The van der Waals surface area contributed by atoms with Crippen molar-refractivity contribution in [2.45, 2.75) is 13.3 Å². The predicted octanol–water partition coefficient (Wildman–Crippen LogP) is 3.24. The number of allylic oxidation sites excluding steroid dienone is 2. The van der Waals surface area contributed by atoms with Crippen molar-refractivity contribution < 1.29 is 19.1 Å². The largest absolute Gasteiger partial charge is 0.493 e. The van der Waals surface area contributed by atoms with E-state index in [1.54, 1.807) is 13.2 Å². The van der Waals surface area contributed by atoms with Gasteiger partial charge in [-0.15, -0.1) is 0 Å². The summed E-state index contributed by atoms with van der Waals surface area (Å²) in [6.45, 7) is 2.41. The minimum Gasteiger partial charge on any atom is -0.493 e. The lowest BCUT2D eigenvalue weighted by Gasteiger charge is -2.37. The van der Waals surface area contributed by atoms with E-state index < -0.39 is 0 Å². The van der Waals surface area contributed by atoms with Crippen LogP contribution in [-0.2, 0) is 9.59 Å². The Kier molecular flexibility index (Phi) is 4.12. The smallest absolute Gasteiger partial charge is 0.254 e. The van der Waals surface area contributed by atoms with Crippen molar-refractivity contribution in [2.24, 2.45) is 40.6 Å². The highest BCUT2D eigenvalue weighted by Gasteiger charge is 2.67. The molecule has 1 aliphatic heterocycles. The summed E-state index contributed by atoms with van der Waals surface area (Å²) in [5.41, 5.74) is 0.714. The molecule has 0 aromatic heterocycles. The third-order valence-corrected chi connectivity index (χ3v) is 7.09. The van der Waals surface area contributed by atoms with Gasteiger partial charge in [0.05, 0.1) is 36.2 Å². The number of halogens is 1. The molecule has 1 saturated heterocycles. The third-order valence-electron chi connectivity index (χ3n) is 6.50. The maximum Gasteiger partial charge on any atom is 0.254 e. The second-order valence-corrected chi connectivity index (χ2v) is 8.71. The van der Waals surface area contributed by atoms with E-state index in [2.05, 4.69) is 33.2 Å². The molecule has 1 aromatic carbocycles. The fourth-order valence-electron chi connectivity index (χ4n) is 5.28. The molecule has 2 bridgehead atoms. The number of methoxy groups -OCH3 is 1. The number of benzene rings is 1. The van der Waals surface area contributed by atoms with E-state index in [9.17, 15) is 9.59 Å². The molecule has 4 aliphatic carbocycles. The Bertz CT molecular complexity index is 891. The molecular weight excluding hydrogens is 424 g/mol. The first-order valence-corrected chi connectivity index (χ1v) is 10.4. The molecule has 0 unspecified atom stereocenters. The average Bonchev–Trinajstić information content (AvgIpc) is 3.47. The number of carbonyl (C=O) groups excluding carboxylic acids is 2. The molecule has 146 valence electrons. The van der Waals surface area contributed by atoms with Crippen molar-refractivity contribution in [2.75, 3.05) is 13.7 Å². The minimum absolute atomic E-state index is 0.159. The molecule has 0 N–H and O–H groups in total. The molecule has 0 spiro atoms. The number of nitrogens with zero attached hydrogens (tertiary/aromatic N) is 2. The molecule has 28 heavy (non-hydrogen) atoms. The van der Waals surface area contributed by atoms with Gasteiger partial charge < -0.3 is 9.47 Å². The zero-order valence-electron chi connectivity index (χ0n) is 15.7. The maximum absolute atomic E-state index is 13.0. The number of hydrogen-bond acceptors (Lipinski definition) is 5. The summed E-state index contributed by atoms with van der Waals surface area (Å²) in [4.78, 5) is 25.9. The van der Waals surface area contributed by atoms with E-state index >= 15 is 0 Å². The van der Waals surface area contributed by atoms with Crippen LogP contribution in [0.25, 0.3) is 0 Å². The second-order valence-electron chi connectivity index (χ2n) is 7.85. The monoisotopic (exact) mass is 444 g/mol. The molecular formula is C21H21BrN2O4. The van der Waals surface area contributed by atoms with Crippen LogP contribution in [0.15, 0.2) is 33.9 Å². The van der Waals surface area contributed by atoms with Crippen LogP contribution in [0.5, 0.6) is 11.5 Å². The van der Waals surface area contributed by atoms with Crippen LogP contribution in [-0.4, -0.2) is 36.8 Å². The highest BCUT2D eigenvalue weighted by Crippen LogP contribution is 2.65. The molecule has 2 amide bonds. The first-order chi connectivity index (χ1) is 13.5. The Morgan fingerprint density at radius 2 is 1.82 bits per heavy atom. The SMILES string of the molecule is CCOc1c(Br)cc(/C=N\N2C(=O)[C@@H]3[C@H]4C=C[C@@H]([C@@H]5C[C@H]45)[C@@H]3C2=O)cc1OC. The van der Waals surface area contributed by atoms with Gasteiger partial charge in [-0.2, -0.15) is 10.1 Å². The maximum atomic E-state index is 13.0. The Hall–Kier alpha value is -2.15. The van der Waals surface area contributed by atoms with Gasteiger partial charge in [0.15, 0.2) is 11.5 Å². The third kappa shape index (κ3) is 2.48. The highest BCUT2D eigenvalue weighted by atomic mass is 79.9. The van der Waals surface area contributed by atoms with Crippen molar-refractivity contribution in [3.8, 4) is 11.5 Å². The summed E-state index contributed by atoms with van der Waals surface area (Å²) >= 11 is 3.48. The van der Waals surface area contributed by atoms with E-state index in [4.69, 9.17) is 9.47 Å². The van der Waals surface area contributed by atoms with Gasteiger partial charge in [0, 0.05) is 0 Å². The highest BCUT2D eigenvalue weighted by molar-refractivity contribution is 9.10. The van der Waals surface area contributed by atoms with Crippen LogP contribution in [0, 0.1) is 35.5 Å². The van der Waals surface area contributed by atoms with E-state index in [1.807, 2.05) is 13.0 Å². The van der Waals surface area contributed by atoms with Crippen molar-refractivity contribution in [3.63, 3.8) is 0 Å². The molecule has 6 rings (SSSR count). The summed E-state index contributed by atoms with van der Waals surface area (Å²) in [5, 5.41) is 5.36. The first kappa shape index (κ1) is 17.9. The number of amides is 2. The summed E-state index contributed by atoms with van der Waals surface area (Å²) in [5.74, 6) is 1.98. The zero-order valence-corrected chi connectivity index (χ0v) is 17.3. The topological polar surface area (TPSA) is 68.2 Å². The molecule has 3 fully saturated rings. The zero-order chi connectivity index (χ0) is 19.6. The van der Waals surface area contributed by atoms with Crippen molar-refractivity contribution in [1.82, 2.24) is 5.01 Å². The number of hydrogen-bond donors (Lipinski definition) is 0. The van der Waals surface area contributed by atoms with E-state index in [0.29, 0.717) is 35.5 Å². The molecule has 2 saturated carbocycles. The lowest BCUT2D eigenvalue weighted by molar-refractivity contribution is -0.140. The van der Waals surface area contributed by atoms with E-state index in [0.717, 1.165) is 15.9 Å². The molecule has 7 heteroatoms. The Labute approximate surface area is 171 Å². The van der Waals surface area contributed by atoms with Gasteiger partial charge in [0.1, 0.15) is 0 Å². The van der Waals surface area contributed by atoms with Crippen molar-refractivity contribution >= 4 is 34.0 Å².